The zero-order valence-electron chi connectivity index (χ0n) is 12.9. The molecule has 6 heteroatoms. The van der Waals surface area contributed by atoms with Crippen molar-refractivity contribution in [2.75, 3.05) is 18.1 Å². The van der Waals surface area contributed by atoms with Gasteiger partial charge in [0.25, 0.3) is 5.91 Å². The number of hydrogen-bond donors (Lipinski definition) is 0. The lowest BCUT2D eigenvalue weighted by Crippen LogP contribution is -2.33. The van der Waals surface area contributed by atoms with Crippen molar-refractivity contribution in [2.45, 2.75) is 6.42 Å². The van der Waals surface area contributed by atoms with Gasteiger partial charge in [0.15, 0.2) is 6.61 Å². The van der Waals surface area contributed by atoms with E-state index in [0.717, 1.165) is 17.7 Å². The minimum atomic E-state index is -0.0408. The molecule has 0 saturated carbocycles. The predicted molar refractivity (Wildman–Crippen MR) is 87.7 cm³/mol. The summed E-state index contributed by atoms with van der Waals surface area (Å²) >= 11 is 0. The van der Waals surface area contributed by atoms with Crippen LogP contribution < -0.4 is 9.64 Å². The molecule has 1 aromatic heterocycles. The molecule has 6 nitrogen and oxygen atoms in total. The Morgan fingerprint density at radius 1 is 1.17 bits per heavy atom. The summed E-state index contributed by atoms with van der Waals surface area (Å²) in [5, 5.41) is 7.49. The Labute approximate surface area is 138 Å². The minimum absolute atomic E-state index is 0.00817. The van der Waals surface area contributed by atoms with E-state index < -0.39 is 0 Å². The van der Waals surface area contributed by atoms with Crippen molar-refractivity contribution >= 4 is 11.6 Å². The van der Waals surface area contributed by atoms with Crippen molar-refractivity contribution in [1.82, 2.24) is 10.2 Å². The van der Waals surface area contributed by atoms with E-state index in [1.807, 2.05) is 30.3 Å². The molecule has 0 atom stereocenters. The van der Waals surface area contributed by atoms with E-state index in [1.54, 1.807) is 17.0 Å². The van der Waals surface area contributed by atoms with Crippen molar-refractivity contribution in [2.24, 2.45) is 0 Å². The summed E-state index contributed by atoms with van der Waals surface area (Å²) in [7, 11) is 0. The smallest absolute Gasteiger partial charge is 0.264 e. The summed E-state index contributed by atoms with van der Waals surface area (Å²) in [5.41, 5.74) is 2.99. The average Bonchev–Trinajstić information content (AvgIpc) is 3.30. The first-order valence-corrected chi connectivity index (χ1v) is 7.69. The first-order valence-electron chi connectivity index (χ1n) is 7.69. The lowest BCUT2D eigenvalue weighted by molar-refractivity contribution is -0.120. The van der Waals surface area contributed by atoms with Crippen molar-refractivity contribution in [1.29, 1.82) is 0 Å². The van der Waals surface area contributed by atoms with Crippen LogP contribution in [0.1, 0.15) is 5.56 Å². The number of anilines is 1. The van der Waals surface area contributed by atoms with Gasteiger partial charge in [0.2, 0.25) is 12.3 Å². The van der Waals surface area contributed by atoms with Gasteiger partial charge in [-0.05, 0) is 42.3 Å². The molecule has 0 unspecified atom stereocenters. The topological polar surface area (TPSA) is 68.5 Å². The fourth-order valence-electron chi connectivity index (χ4n) is 2.81. The molecule has 120 valence electrons. The number of benzene rings is 2. The Bertz CT molecular complexity index is 844. The maximum absolute atomic E-state index is 12.4. The number of carbonyl (C=O) groups is 1. The summed E-state index contributed by atoms with van der Waals surface area (Å²) in [6.07, 6.45) is 2.17. The van der Waals surface area contributed by atoms with Crippen LogP contribution in [0, 0.1) is 0 Å². The molecule has 0 fully saturated rings. The third-order valence-electron chi connectivity index (χ3n) is 4.01. The van der Waals surface area contributed by atoms with Crippen LogP contribution in [0.3, 0.4) is 0 Å². The van der Waals surface area contributed by atoms with E-state index in [1.165, 1.54) is 12.0 Å². The maximum atomic E-state index is 12.4. The molecule has 24 heavy (non-hydrogen) atoms. The molecule has 2 heterocycles. The number of rotatable bonds is 4. The van der Waals surface area contributed by atoms with Crippen molar-refractivity contribution in [3.8, 4) is 17.2 Å². The molecule has 3 aromatic rings. The van der Waals surface area contributed by atoms with Crippen molar-refractivity contribution in [3.63, 3.8) is 0 Å². The summed E-state index contributed by atoms with van der Waals surface area (Å²) in [4.78, 5) is 14.2. The Hall–Kier alpha value is -3.15. The van der Waals surface area contributed by atoms with Crippen LogP contribution >= 0.6 is 0 Å². The average molecular weight is 321 g/mol. The van der Waals surface area contributed by atoms with Gasteiger partial charge >= 0.3 is 0 Å². The Kier molecular flexibility index (Phi) is 3.70. The molecule has 0 radical (unpaired) electrons. The molecule has 0 aliphatic carbocycles. The molecular weight excluding hydrogens is 306 g/mol. The third kappa shape index (κ3) is 2.74. The van der Waals surface area contributed by atoms with Gasteiger partial charge in [-0.2, -0.15) is 0 Å². The molecule has 0 bridgehead atoms. The molecule has 0 spiro atoms. The number of ether oxygens (including phenoxy) is 1. The third-order valence-corrected chi connectivity index (χ3v) is 4.01. The highest BCUT2D eigenvalue weighted by molar-refractivity contribution is 5.96. The minimum Gasteiger partial charge on any atom is -0.484 e. The summed E-state index contributed by atoms with van der Waals surface area (Å²) < 4.78 is 10.7. The summed E-state index contributed by atoms with van der Waals surface area (Å²) in [5.74, 6) is 1.03. The van der Waals surface area contributed by atoms with Crippen LogP contribution in [0.25, 0.3) is 11.5 Å². The quantitative estimate of drug-likeness (QED) is 0.739. The normalized spacial score (nSPS) is 12.9. The van der Waals surface area contributed by atoms with E-state index >= 15 is 0 Å². The molecule has 1 aliphatic heterocycles. The second-order valence-electron chi connectivity index (χ2n) is 5.48. The lowest BCUT2D eigenvalue weighted by Gasteiger charge is -2.17. The van der Waals surface area contributed by atoms with Crippen LogP contribution in [0.5, 0.6) is 5.75 Å². The standard InChI is InChI=1S/C18H15N3O3/c22-17(21-10-9-13-3-1-2-4-16(13)21)11-23-15-7-5-14(6-8-15)18-20-19-12-24-18/h1-8,12H,9-11H2. The van der Waals surface area contributed by atoms with Gasteiger partial charge in [-0.15, -0.1) is 10.2 Å². The van der Waals surface area contributed by atoms with Crippen molar-refractivity contribution < 1.29 is 13.9 Å². The fraction of sp³-hybridized carbons (Fsp3) is 0.167. The van der Waals surface area contributed by atoms with Crippen LogP contribution in [-0.2, 0) is 11.2 Å². The lowest BCUT2D eigenvalue weighted by atomic mass is 10.2. The Balaban J connectivity index is 1.39. The van der Waals surface area contributed by atoms with Gasteiger partial charge in [-0.1, -0.05) is 18.2 Å². The van der Waals surface area contributed by atoms with Gasteiger partial charge in [0.05, 0.1) is 0 Å². The maximum Gasteiger partial charge on any atom is 0.264 e. The number of fused-ring (bicyclic) bond motifs is 1. The van der Waals surface area contributed by atoms with Gasteiger partial charge in [-0.3, -0.25) is 4.79 Å². The largest absolute Gasteiger partial charge is 0.484 e. The second-order valence-corrected chi connectivity index (χ2v) is 5.48. The Morgan fingerprint density at radius 3 is 2.79 bits per heavy atom. The molecule has 2 aromatic carbocycles. The van der Waals surface area contributed by atoms with Gasteiger partial charge < -0.3 is 14.1 Å². The number of nitrogens with zero attached hydrogens (tertiary/aromatic N) is 3. The van der Waals surface area contributed by atoms with E-state index in [-0.39, 0.29) is 12.5 Å². The molecule has 1 aliphatic rings. The monoisotopic (exact) mass is 321 g/mol. The van der Waals surface area contributed by atoms with E-state index in [9.17, 15) is 4.79 Å². The zero-order chi connectivity index (χ0) is 16.4. The number of aromatic nitrogens is 2. The predicted octanol–water partition coefficient (Wildman–Crippen LogP) is 2.70. The molecule has 0 saturated heterocycles. The number of amides is 1. The fourth-order valence-corrected chi connectivity index (χ4v) is 2.81. The highest BCUT2D eigenvalue weighted by atomic mass is 16.5. The van der Waals surface area contributed by atoms with Crippen molar-refractivity contribution in [3.05, 3.63) is 60.5 Å². The van der Waals surface area contributed by atoms with Gasteiger partial charge in [-0.25, -0.2) is 0 Å². The van der Waals surface area contributed by atoms with E-state index in [4.69, 9.17) is 9.15 Å². The number of hydrogen-bond acceptors (Lipinski definition) is 5. The summed E-state index contributed by atoms with van der Waals surface area (Å²) in [6, 6.07) is 15.2. The molecule has 4 rings (SSSR count). The highest BCUT2D eigenvalue weighted by Crippen LogP contribution is 2.27. The van der Waals surface area contributed by atoms with Crippen LogP contribution in [0.2, 0.25) is 0 Å². The van der Waals surface area contributed by atoms with E-state index in [2.05, 4.69) is 16.3 Å². The van der Waals surface area contributed by atoms with Crippen LogP contribution in [-0.4, -0.2) is 29.3 Å². The van der Waals surface area contributed by atoms with Gasteiger partial charge in [0, 0.05) is 17.8 Å². The first kappa shape index (κ1) is 14.4. The van der Waals surface area contributed by atoms with Crippen LogP contribution in [0.4, 0.5) is 5.69 Å². The Morgan fingerprint density at radius 2 is 2.00 bits per heavy atom. The molecule has 0 N–H and O–H groups in total. The summed E-state index contributed by atoms with van der Waals surface area (Å²) in [6.45, 7) is 0.714. The van der Waals surface area contributed by atoms with Gasteiger partial charge in [0.1, 0.15) is 5.75 Å². The van der Waals surface area contributed by atoms with Crippen LogP contribution in [0.15, 0.2) is 59.3 Å². The molecular formula is C18H15N3O3. The SMILES string of the molecule is O=C(COc1ccc(-c2nnco2)cc1)N1CCc2ccccc21. The second kappa shape index (κ2) is 6.16. The first-order chi connectivity index (χ1) is 11.8. The van der Waals surface area contributed by atoms with E-state index in [0.29, 0.717) is 18.2 Å². The highest BCUT2D eigenvalue weighted by Gasteiger charge is 2.24. The number of carbonyl (C=O) groups excluding carboxylic acids is 1. The zero-order valence-corrected chi connectivity index (χ0v) is 12.9. The molecule has 1 amide bonds. The number of para-hydroxylation sites is 1.